The number of aliphatic hydroxyl groups excluding tert-OH is 1. The summed E-state index contributed by atoms with van der Waals surface area (Å²) in [5.74, 6) is -1.17. The maximum Gasteiger partial charge on any atom is 0.301 e. The number of rotatable bonds is 4. The lowest BCUT2D eigenvalue weighted by Crippen LogP contribution is -2.29. The van der Waals surface area contributed by atoms with Crippen LogP contribution in [-0.4, -0.2) is 38.3 Å². The minimum absolute atomic E-state index is 0.0197. The van der Waals surface area contributed by atoms with Gasteiger partial charge in [0.1, 0.15) is 17.1 Å². The molecule has 1 fully saturated rings. The lowest BCUT2D eigenvalue weighted by molar-refractivity contribution is -0.132. The van der Waals surface area contributed by atoms with Crippen molar-refractivity contribution in [3.05, 3.63) is 93.9 Å². The van der Waals surface area contributed by atoms with Crippen LogP contribution < -0.4 is 9.64 Å². The van der Waals surface area contributed by atoms with Gasteiger partial charge in [-0.3, -0.25) is 18.9 Å². The maximum absolute atomic E-state index is 13.6. The topological polar surface area (TPSA) is 97.0 Å². The number of thiazole rings is 1. The molecule has 1 aliphatic rings. The van der Waals surface area contributed by atoms with Crippen LogP contribution in [0.3, 0.4) is 0 Å². The molecule has 8 nitrogen and oxygen atoms in total. The van der Waals surface area contributed by atoms with Gasteiger partial charge in [0.15, 0.2) is 10.9 Å². The highest BCUT2D eigenvalue weighted by molar-refractivity contribution is 9.10. The monoisotopic (exact) mass is 574 g/mol. The lowest BCUT2D eigenvalue weighted by Gasteiger charge is -2.23. The van der Waals surface area contributed by atoms with Crippen LogP contribution in [0.4, 0.5) is 5.13 Å². The summed E-state index contributed by atoms with van der Waals surface area (Å²) in [4.78, 5) is 37.6. The summed E-state index contributed by atoms with van der Waals surface area (Å²) in [7, 11) is 1.58. The summed E-state index contributed by atoms with van der Waals surface area (Å²) in [5.41, 5.74) is 2.83. The summed E-state index contributed by atoms with van der Waals surface area (Å²) in [6.45, 7) is 1.76. The molecular formula is C27H19BrN4O4S. The highest BCUT2D eigenvalue weighted by Crippen LogP contribution is 2.45. The third-order valence-corrected chi connectivity index (χ3v) is 7.84. The number of nitrogens with zero attached hydrogens (tertiary/aromatic N) is 4. The molecule has 0 saturated carbocycles. The van der Waals surface area contributed by atoms with E-state index in [1.54, 1.807) is 36.8 Å². The zero-order chi connectivity index (χ0) is 25.8. The number of carbonyl (C=O) groups is 2. The number of aliphatic hydroxyl groups is 1. The zero-order valence-corrected chi connectivity index (χ0v) is 22.1. The van der Waals surface area contributed by atoms with Crippen molar-refractivity contribution in [2.24, 2.45) is 0 Å². The van der Waals surface area contributed by atoms with Crippen molar-refractivity contribution in [3.63, 3.8) is 0 Å². The van der Waals surface area contributed by atoms with Crippen molar-refractivity contribution in [1.29, 1.82) is 0 Å². The van der Waals surface area contributed by atoms with Crippen LogP contribution >= 0.6 is 27.3 Å². The van der Waals surface area contributed by atoms with Crippen LogP contribution in [0.5, 0.6) is 5.75 Å². The van der Waals surface area contributed by atoms with Crippen molar-refractivity contribution in [2.45, 2.75) is 13.0 Å². The van der Waals surface area contributed by atoms with Gasteiger partial charge in [0, 0.05) is 10.7 Å². The normalized spacial score (nSPS) is 17.3. The average molecular weight is 575 g/mol. The van der Waals surface area contributed by atoms with Crippen LogP contribution in [-0.2, 0) is 9.59 Å². The van der Waals surface area contributed by atoms with Crippen molar-refractivity contribution in [3.8, 4) is 5.75 Å². The van der Waals surface area contributed by atoms with E-state index in [4.69, 9.17) is 4.74 Å². The second-order valence-electron chi connectivity index (χ2n) is 8.53. The number of anilines is 1. The van der Waals surface area contributed by atoms with Gasteiger partial charge in [0.2, 0.25) is 0 Å². The van der Waals surface area contributed by atoms with E-state index >= 15 is 0 Å². The SMILES string of the molecule is COc1ccc2nc(N3C(=O)C(=O)/C(=C(/O)c4c(C)nc5ccccn45)C3c3cccc(Br)c3)sc2c1. The number of halogens is 1. The van der Waals surface area contributed by atoms with Gasteiger partial charge in [-0.15, -0.1) is 0 Å². The van der Waals surface area contributed by atoms with E-state index in [-0.39, 0.29) is 11.3 Å². The molecule has 1 aliphatic heterocycles. The molecular weight excluding hydrogens is 556 g/mol. The number of pyridine rings is 1. The fourth-order valence-corrected chi connectivity index (χ4v) is 6.11. The summed E-state index contributed by atoms with van der Waals surface area (Å²) in [6.07, 6.45) is 1.76. The minimum Gasteiger partial charge on any atom is -0.505 e. The van der Waals surface area contributed by atoms with Crippen LogP contribution in [0.2, 0.25) is 0 Å². The molecule has 1 saturated heterocycles. The van der Waals surface area contributed by atoms with E-state index in [0.717, 1.165) is 9.17 Å². The number of aromatic nitrogens is 3. The maximum atomic E-state index is 13.6. The fourth-order valence-electron chi connectivity index (χ4n) is 4.67. The van der Waals surface area contributed by atoms with E-state index in [9.17, 15) is 14.7 Å². The second-order valence-corrected chi connectivity index (χ2v) is 10.5. The molecule has 1 N–H and O–H groups in total. The number of hydrogen-bond donors (Lipinski definition) is 1. The Balaban J connectivity index is 1.60. The molecule has 1 atom stereocenters. The summed E-state index contributed by atoms with van der Waals surface area (Å²) in [6, 6.07) is 17.3. The van der Waals surface area contributed by atoms with Gasteiger partial charge in [-0.05, 0) is 55.0 Å². The largest absolute Gasteiger partial charge is 0.505 e. The van der Waals surface area contributed by atoms with E-state index in [1.807, 2.05) is 48.5 Å². The van der Waals surface area contributed by atoms with Crippen LogP contribution in [0, 0.1) is 6.92 Å². The summed E-state index contributed by atoms with van der Waals surface area (Å²) < 4.78 is 8.61. The Hall–Kier alpha value is -4.02. The van der Waals surface area contributed by atoms with Gasteiger partial charge in [0.25, 0.3) is 5.78 Å². The number of fused-ring (bicyclic) bond motifs is 2. The number of aryl methyl sites for hydroxylation is 1. The number of hydrogen-bond acceptors (Lipinski definition) is 7. The van der Waals surface area contributed by atoms with Gasteiger partial charge in [0.05, 0.1) is 34.6 Å². The molecule has 1 amide bonds. The van der Waals surface area contributed by atoms with Crippen LogP contribution in [0.1, 0.15) is 23.0 Å². The standard InChI is InChI=1S/C27H19BrN4O4S/c1-14-22(31-11-4-3-8-20(31)29-14)24(33)21-23(15-6-5-7-16(28)12-15)32(26(35)25(21)34)27-30-18-10-9-17(36-2)13-19(18)37-27/h3-13,23,33H,1-2H3/b24-21+. The van der Waals surface area contributed by atoms with E-state index in [0.29, 0.717) is 39.0 Å². The number of benzene rings is 2. The molecule has 3 aromatic heterocycles. The van der Waals surface area contributed by atoms with Gasteiger partial charge in [-0.1, -0.05) is 45.5 Å². The third kappa shape index (κ3) is 3.71. The smallest absolute Gasteiger partial charge is 0.301 e. The molecule has 184 valence electrons. The first-order valence-electron chi connectivity index (χ1n) is 11.3. The van der Waals surface area contributed by atoms with Crippen molar-refractivity contribution >= 4 is 65.7 Å². The Labute approximate surface area is 223 Å². The number of amides is 1. The van der Waals surface area contributed by atoms with Crippen molar-refractivity contribution in [2.75, 3.05) is 12.0 Å². The molecule has 0 aliphatic carbocycles. The summed E-state index contributed by atoms with van der Waals surface area (Å²) in [5, 5.41) is 12.0. The number of Topliss-reactive ketones (excluding diaryl/α,β-unsaturated/α-hetero) is 1. The molecule has 10 heteroatoms. The van der Waals surface area contributed by atoms with E-state index in [1.165, 1.54) is 16.2 Å². The minimum atomic E-state index is -0.895. The molecule has 6 rings (SSSR count). The average Bonchev–Trinajstić information content (AvgIpc) is 3.54. The zero-order valence-electron chi connectivity index (χ0n) is 19.7. The molecule has 5 aromatic rings. The number of imidazole rings is 1. The van der Waals surface area contributed by atoms with Gasteiger partial charge in [-0.25, -0.2) is 9.97 Å². The number of methoxy groups -OCH3 is 1. The van der Waals surface area contributed by atoms with Gasteiger partial charge >= 0.3 is 5.91 Å². The first-order valence-corrected chi connectivity index (χ1v) is 12.9. The van der Waals surface area contributed by atoms with Gasteiger partial charge < -0.3 is 9.84 Å². The second kappa shape index (κ2) is 8.82. The molecule has 0 spiro atoms. The Bertz CT molecular complexity index is 1770. The van der Waals surface area contributed by atoms with Crippen molar-refractivity contribution < 1.29 is 19.4 Å². The Morgan fingerprint density at radius 3 is 2.70 bits per heavy atom. The summed E-state index contributed by atoms with van der Waals surface area (Å²) >= 11 is 4.77. The molecule has 0 bridgehead atoms. The Morgan fingerprint density at radius 1 is 1.08 bits per heavy atom. The number of ether oxygens (including phenoxy) is 1. The predicted octanol–water partition coefficient (Wildman–Crippen LogP) is 5.65. The van der Waals surface area contributed by atoms with Crippen LogP contribution in [0.15, 0.2) is 76.9 Å². The Morgan fingerprint density at radius 2 is 1.92 bits per heavy atom. The highest BCUT2D eigenvalue weighted by atomic mass is 79.9. The van der Waals surface area contributed by atoms with Gasteiger partial charge in [-0.2, -0.15) is 0 Å². The number of carbonyl (C=O) groups excluding carboxylic acids is 2. The Kier molecular flexibility index (Phi) is 5.58. The van der Waals surface area contributed by atoms with Crippen LogP contribution in [0.25, 0.3) is 21.6 Å². The highest BCUT2D eigenvalue weighted by Gasteiger charge is 2.48. The molecule has 4 heterocycles. The van der Waals surface area contributed by atoms with Crippen molar-refractivity contribution in [1.82, 2.24) is 14.4 Å². The first kappa shape index (κ1) is 23.4. The molecule has 2 aromatic carbocycles. The lowest BCUT2D eigenvalue weighted by atomic mass is 9.96. The quantitative estimate of drug-likeness (QED) is 0.169. The number of ketones is 1. The third-order valence-electron chi connectivity index (χ3n) is 6.33. The molecule has 37 heavy (non-hydrogen) atoms. The fraction of sp³-hybridized carbons (Fsp3) is 0.111. The molecule has 1 unspecified atom stereocenters. The van der Waals surface area contributed by atoms with E-state index < -0.39 is 17.7 Å². The van der Waals surface area contributed by atoms with E-state index in [2.05, 4.69) is 25.9 Å². The first-order chi connectivity index (χ1) is 17.9. The predicted molar refractivity (Wildman–Crippen MR) is 145 cm³/mol. The molecule has 0 radical (unpaired) electrons.